The smallest absolute Gasteiger partial charge is 0.227 e. The normalized spacial score (nSPS) is 19.6. The molecule has 2 aromatic rings. The number of para-hydroxylation sites is 1. The summed E-state index contributed by atoms with van der Waals surface area (Å²) in [5.41, 5.74) is 2.52. The zero-order valence-corrected chi connectivity index (χ0v) is 16.6. The second kappa shape index (κ2) is 10.3. The summed E-state index contributed by atoms with van der Waals surface area (Å²) in [5.74, 6) is 1.10. The summed E-state index contributed by atoms with van der Waals surface area (Å²) < 4.78 is 0. The molecule has 0 spiro atoms. The molecule has 1 amide bonds. The van der Waals surface area contributed by atoms with Gasteiger partial charge >= 0.3 is 0 Å². The maximum atomic E-state index is 12.9. The molecule has 3 rings (SSSR count). The molecule has 27 heavy (non-hydrogen) atoms. The van der Waals surface area contributed by atoms with Crippen LogP contribution in [0.15, 0.2) is 60.7 Å². The summed E-state index contributed by atoms with van der Waals surface area (Å²) in [7, 11) is 0. The van der Waals surface area contributed by atoms with Crippen molar-refractivity contribution >= 4 is 11.6 Å². The van der Waals surface area contributed by atoms with Gasteiger partial charge in [-0.25, -0.2) is 0 Å². The molecule has 1 aliphatic carbocycles. The minimum absolute atomic E-state index is 0.302. The van der Waals surface area contributed by atoms with E-state index >= 15 is 0 Å². The molecule has 1 fully saturated rings. The Balaban J connectivity index is 1.58. The van der Waals surface area contributed by atoms with E-state index in [-0.39, 0.29) is 0 Å². The number of amides is 1. The van der Waals surface area contributed by atoms with Crippen molar-refractivity contribution in [2.45, 2.75) is 70.8 Å². The highest BCUT2D eigenvalue weighted by molar-refractivity contribution is 5.93. The molecule has 2 heteroatoms. The van der Waals surface area contributed by atoms with Gasteiger partial charge in [-0.05, 0) is 68.6 Å². The molecule has 2 nitrogen and oxygen atoms in total. The van der Waals surface area contributed by atoms with E-state index in [1.54, 1.807) is 0 Å². The van der Waals surface area contributed by atoms with Gasteiger partial charge in [0.1, 0.15) is 0 Å². The number of benzene rings is 2. The largest absolute Gasteiger partial charge is 0.309 e. The molecule has 0 N–H and O–H groups in total. The van der Waals surface area contributed by atoms with Gasteiger partial charge in [-0.2, -0.15) is 0 Å². The fourth-order valence-corrected chi connectivity index (χ4v) is 4.30. The molecule has 2 aromatic carbocycles. The standard InChI is InChI=1S/C25H33NO/c1-2-3-14-25(27)26(23-12-8-5-9-13-23)24-19-17-22(18-20-24)16-15-21-10-6-4-7-11-21/h4-13,22,24H,2-3,14-20H2,1H3. The molecule has 144 valence electrons. The highest BCUT2D eigenvalue weighted by Crippen LogP contribution is 2.33. The van der Waals surface area contributed by atoms with Gasteiger partial charge in [0.25, 0.3) is 0 Å². The molecule has 0 saturated heterocycles. The van der Waals surface area contributed by atoms with E-state index in [0.29, 0.717) is 18.4 Å². The molecule has 0 bridgehead atoms. The molecule has 0 radical (unpaired) electrons. The van der Waals surface area contributed by atoms with Gasteiger partial charge in [-0.15, -0.1) is 0 Å². The molecule has 0 aromatic heterocycles. The molecule has 0 unspecified atom stereocenters. The predicted molar refractivity (Wildman–Crippen MR) is 114 cm³/mol. The molecule has 0 heterocycles. The van der Waals surface area contributed by atoms with Crippen LogP contribution in [-0.2, 0) is 11.2 Å². The lowest BCUT2D eigenvalue weighted by Gasteiger charge is -2.37. The Kier molecular flexibility index (Phi) is 7.50. The van der Waals surface area contributed by atoms with Crippen molar-refractivity contribution in [2.24, 2.45) is 5.92 Å². The summed E-state index contributed by atoms with van der Waals surface area (Å²) in [5, 5.41) is 0. The van der Waals surface area contributed by atoms with Crippen LogP contribution in [0.5, 0.6) is 0 Å². The van der Waals surface area contributed by atoms with Crippen LogP contribution in [0.2, 0.25) is 0 Å². The zero-order chi connectivity index (χ0) is 18.9. The summed E-state index contributed by atoms with van der Waals surface area (Å²) in [6.07, 6.45) is 9.90. The summed E-state index contributed by atoms with van der Waals surface area (Å²) in [4.78, 5) is 15.0. The van der Waals surface area contributed by atoms with Gasteiger partial charge in [0.05, 0.1) is 0 Å². The lowest BCUT2D eigenvalue weighted by molar-refractivity contribution is -0.119. The maximum absolute atomic E-state index is 12.9. The van der Waals surface area contributed by atoms with Crippen LogP contribution in [-0.4, -0.2) is 11.9 Å². The highest BCUT2D eigenvalue weighted by Gasteiger charge is 2.29. The Hall–Kier alpha value is -2.09. The molecule has 0 atom stereocenters. The van der Waals surface area contributed by atoms with Crippen LogP contribution < -0.4 is 4.90 Å². The summed E-state index contributed by atoms with van der Waals surface area (Å²) in [6, 6.07) is 21.5. The first-order valence-electron chi connectivity index (χ1n) is 10.7. The quantitative estimate of drug-likeness (QED) is 0.531. The van der Waals surface area contributed by atoms with Gasteiger partial charge in [-0.1, -0.05) is 61.9 Å². The van der Waals surface area contributed by atoms with Crippen LogP contribution in [0.1, 0.15) is 63.9 Å². The number of nitrogens with zero attached hydrogens (tertiary/aromatic N) is 1. The van der Waals surface area contributed by atoms with E-state index in [4.69, 9.17) is 0 Å². The number of hydrogen-bond donors (Lipinski definition) is 0. The second-order valence-electron chi connectivity index (χ2n) is 7.90. The van der Waals surface area contributed by atoms with Gasteiger partial charge < -0.3 is 4.90 Å². The van der Waals surface area contributed by atoms with Crippen LogP contribution >= 0.6 is 0 Å². The van der Waals surface area contributed by atoms with Gasteiger partial charge in [0, 0.05) is 18.2 Å². The first kappa shape index (κ1) is 19.7. The fourth-order valence-electron chi connectivity index (χ4n) is 4.30. The third-order valence-electron chi connectivity index (χ3n) is 5.91. The molecule has 1 aliphatic rings. The minimum atomic E-state index is 0.302. The van der Waals surface area contributed by atoms with E-state index in [2.05, 4.69) is 54.3 Å². The van der Waals surface area contributed by atoms with Crippen molar-refractivity contribution in [1.82, 2.24) is 0 Å². The minimum Gasteiger partial charge on any atom is -0.309 e. The van der Waals surface area contributed by atoms with E-state index in [1.807, 2.05) is 18.2 Å². The van der Waals surface area contributed by atoms with Crippen LogP contribution in [0.4, 0.5) is 5.69 Å². The van der Waals surface area contributed by atoms with Gasteiger partial charge in [0.15, 0.2) is 0 Å². The van der Waals surface area contributed by atoms with Crippen molar-refractivity contribution in [1.29, 1.82) is 0 Å². The number of anilines is 1. The Morgan fingerprint density at radius 2 is 1.56 bits per heavy atom. The summed E-state index contributed by atoms with van der Waals surface area (Å²) >= 11 is 0. The average Bonchev–Trinajstić information content (AvgIpc) is 2.73. The summed E-state index contributed by atoms with van der Waals surface area (Å²) in [6.45, 7) is 2.15. The molecule has 1 saturated carbocycles. The number of carbonyl (C=O) groups excluding carboxylic acids is 1. The number of rotatable bonds is 8. The van der Waals surface area contributed by atoms with E-state index in [9.17, 15) is 4.79 Å². The van der Waals surface area contributed by atoms with Crippen molar-refractivity contribution < 1.29 is 4.79 Å². The predicted octanol–water partition coefficient (Wildman–Crippen LogP) is 6.40. The van der Waals surface area contributed by atoms with Crippen molar-refractivity contribution in [3.63, 3.8) is 0 Å². The molecule has 0 aliphatic heterocycles. The lowest BCUT2D eigenvalue weighted by atomic mass is 9.82. The Morgan fingerprint density at radius 3 is 2.19 bits per heavy atom. The highest BCUT2D eigenvalue weighted by atomic mass is 16.2. The fraction of sp³-hybridized carbons (Fsp3) is 0.480. The SMILES string of the molecule is CCCCC(=O)N(c1ccccc1)C1CCC(CCc2ccccc2)CC1. The van der Waals surface area contributed by atoms with E-state index < -0.39 is 0 Å². The average molecular weight is 364 g/mol. The first-order chi connectivity index (χ1) is 13.3. The van der Waals surface area contributed by atoms with Gasteiger partial charge in [-0.3, -0.25) is 4.79 Å². The van der Waals surface area contributed by atoms with Crippen molar-refractivity contribution in [3.05, 3.63) is 66.2 Å². The Bertz CT molecular complexity index is 674. The van der Waals surface area contributed by atoms with E-state index in [0.717, 1.165) is 37.3 Å². The monoisotopic (exact) mass is 363 g/mol. The second-order valence-corrected chi connectivity index (χ2v) is 7.90. The number of carbonyl (C=O) groups is 1. The topological polar surface area (TPSA) is 20.3 Å². The Morgan fingerprint density at radius 1 is 0.926 bits per heavy atom. The van der Waals surface area contributed by atoms with Crippen LogP contribution in [0.3, 0.4) is 0 Å². The number of aryl methyl sites for hydroxylation is 1. The van der Waals surface area contributed by atoms with Crippen molar-refractivity contribution in [3.8, 4) is 0 Å². The van der Waals surface area contributed by atoms with Crippen LogP contribution in [0.25, 0.3) is 0 Å². The Labute approximate surface area is 164 Å². The van der Waals surface area contributed by atoms with Crippen LogP contribution in [0, 0.1) is 5.92 Å². The van der Waals surface area contributed by atoms with Crippen molar-refractivity contribution in [2.75, 3.05) is 4.90 Å². The number of hydrogen-bond acceptors (Lipinski definition) is 1. The number of unbranched alkanes of at least 4 members (excludes halogenated alkanes) is 1. The zero-order valence-electron chi connectivity index (χ0n) is 16.6. The lowest BCUT2D eigenvalue weighted by Crippen LogP contribution is -2.42. The maximum Gasteiger partial charge on any atom is 0.227 e. The third kappa shape index (κ3) is 5.69. The molecular weight excluding hydrogens is 330 g/mol. The first-order valence-corrected chi connectivity index (χ1v) is 10.7. The van der Waals surface area contributed by atoms with Gasteiger partial charge in [0.2, 0.25) is 5.91 Å². The van der Waals surface area contributed by atoms with E-state index in [1.165, 1.54) is 31.2 Å². The molecular formula is C25H33NO. The third-order valence-corrected chi connectivity index (χ3v) is 5.91.